The summed E-state index contributed by atoms with van der Waals surface area (Å²) >= 11 is 0. The molecule has 9 heteroatoms. The van der Waals surface area contributed by atoms with Crippen molar-refractivity contribution in [2.24, 2.45) is 0 Å². The van der Waals surface area contributed by atoms with E-state index in [2.05, 4.69) is 14.7 Å². The van der Waals surface area contributed by atoms with Crippen LogP contribution in [0.1, 0.15) is 16.1 Å². The van der Waals surface area contributed by atoms with Gasteiger partial charge >= 0.3 is 5.97 Å². The number of furan rings is 1. The first-order valence-electron chi connectivity index (χ1n) is 8.51. The number of aromatic nitrogens is 2. The van der Waals surface area contributed by atoms with Crippen molar-refractivity contribution < 1.29 is 22.7 Å². The number of carbonyl (C=O) groups is 1. The van der Waals surface area contributed by atoms with E-state index in [1.165, 1.54) is 30.6 Å². The third-order valence-electron chi connectivity index (χ3n) is 4.42. The zero-order valence-corrected chi connectivity index (χ0v) is 16.0. The van der Waals surface area contributed by atoms with Gasteiger partial charge in [-0.1, -0.05) is 12.1 Å². The first-order chi connectivity index (χ1) is 13.8. The van der Waals surface area contributed by atoms with Crippen LogP contribution in [0.15, 0.2) is 70.4 Å². The molecule has 0 unspecified atom stereocenters. The normalized spacial score (nSPS) is 11.5. The number of aromatic carboxylic acids is 1. The summed E-state index contributed by atoms with van der Waals surface area (Å²) in [6, 6.07) is 12.6. The van der Waals surface area contributed by atoms with Crippen molar-refractivity contribution in [1.29, 1.82) is 0 Å². The molecule has 0 saturated heterocycles. The second-order valence-electron chi connectivity index (χ2n) is 6.30. The van der Waals surface area contributed by atoms with Crippen molar-refractivity contribution in [1.82, 2.24) is 9.97 Å². The quantitative estimate of drug-likeness (QED) is 0.515. The van der Waals surface area contributed by atoms with E-state index in [-0.39, 0.29) is 10.7 Å². The lowest BCUT2D eigenvalue weighted by Crippen LogP contribution is -2.12. The minimum atomic E-state index is -3.83. The molecule has 0 spiro atoms. The fourth-order valence-electron chi connectivity index (χ4n) is 2.97. The highest BCUT2D eigenvalue weighted by atomic mass is 32.2. The van der Waals surface area contributed by atoms with E-state index in [1.54, 1.807) is 37.4 Å². The number of anilines is 1. The SMILES string of the molecule is Cc1c(C(=O)O)oc2ccc(NS(=O)(=O)c3ccc(-c4ccncn4)cc3)cc12. The van der Waals surface area contributed by atoms with Crippen molar-refractivity contribution in [3.8, 4) is 11.3 Å². The van der Waals surface area contributed by atoms with Gasteiger partial charge in [-0.05, 0) is 43.3 Å². The molecule has 29 heavy (non-hydrogen) atoms. The first kappa shape index (κ1) is 18.6. The Kier molecular flexibility index (Phi) is 4.51. The smallest absolute Gasteiger partial charge is 0.372 e. The number of nitrogens with one attached hydrogen (secondary N) is 1. The highest BCUT2D eigenvalue weighted by Crippen LogP contribution is 2.29. The van der Waals surface area contributed by atoms with Crippen LogP contribution in [0.5, 0.6) is 0 Å². The molecule has 146 valence electrons. The Morgan fingerprint density at radius 1 is 1.10 bits per heavy atom. The van der Waals surface area contributed by atoms with Crippen LogP contribution in [0.2, 0.25) is 0 Å². The molecule has 0 saturated carbocycles. The van der Waals surface area contributed by atoms with Gasteiger partial charge in [-0.2, -0.15) is 0 Å². The highest BCUT2D eigenvalue weighted by molar-refractivity contribution is 7.92. The predicted octanol–water partition coefficient (Wildman–Crippen LogP) is 3.70. The Morgan fingerprint density at radius 3 is 2.52 bits per heavy atom. The van der Waals surface area contributed by atoms with Gasteiger partial charge in [0.15, 0.2) is 0 Å². The summed E-state index contributed by atoms with van der Waals surface area (Å²) in [6.07, 6.45) is 3.03. The standard InChI is InChI=1S/C20H15N3O5S/c1-12-16-10-14(4-7-18(16)28-19(12)20(24)25)23-29(26,27)15-5-2-13(3-6-15)17-8-9-21-11-22-17/h2-11,23H,1H3,(H,24,25). The van der Waals surface area contributed by atoms with Crippen molar-refractivity contribution in [3.05, 3.63) is 72.4 Å². The second-order valence-corrected chi connectivity index (χ2v) is 7.98. The number of carboxylic acids is 1. The summed E-state index contributed by atoms with van der Waals surface area (Å²) in [4.78, 5) is 19.3. The van der Waals surface area contributed by atoms with E-state index in [0.29, 0.717) is 27.9 Å². The highest BCUT2D eigenvalue weighted by Gasteiger charge is 2.19. The van der Waals surface area contributed by atoms with Crippen LogP contribution in [0, 0.1) is 6.92 Å². The van der Waals surface area contributed by atoms with Crippen LogP contribution in [-0.4, -0.2) is 29.5 Å². The van der Waals surface area contributed by atoms with Gasteiger partial charge in [-0.25, -0.2) is 23.2 Å². The van der Waals surface area contributed by atoms with E-state index < -0.39 is 16.0 Å². The molecule has 0 radical (unpaired) electrons. The Hall–Kier alpha value is -3.72. The topological polar surface area (TPSA) is 122 Å². The molecule has 0 aliphatic heterocycles. The summed E-state index contributed by atoms with van der Waals surface area (Å²) in [7, 11) is -3.83. The van der Waals surface area contributed by atoms with Gasteiger partial charge in [-0.15, -0.1) is 0 Å². The molecule has 2 N–H and O–H groups in total. The van der Waals surface area contributed by atoms with Crippen LogP contribution >= 0.6 is 0 Å². The molecule has 0 aliphatic rings. The Morgan fingerprint density at radius 2 is 1.86 bits per heavy atom. The van der Waals surface area contributed by atoms with E-state index in [9.17, 15) is 13.2 Å². The van der Waals surface area contributed by atoms with Gasteiger partial charge in [0.1, 0.15) is 11.9 Å². The summed E-state index contributed by atoms with van der Waals surface area (Å²) in [5, 5.41) is 9.69. The number of sulfonamides is 1. The molecule has 4 rings (SSSR count). The third-order valence-corrected chi connectivity index (χ3v) is 5.82. The molecule has 2 heterocycles. The lowest BCUT2D eigenvalue weighted by atomic mass is 10.1. The molecule has 4 aromatic rings. The summed E-state index contributed by atoms with van der Waals surface area (Å²) in [5.41, 5.74) is 2.56. The van der Waals surface area contributed by atoms with Crippen molar-refractivity contribution >= 4 is 32.6 Å². The summed E-state index contributed by atoms with van der Waals surface area (Å²) in [6.45, 7) is 1.61. The maximum Gasteiger partial charge on any atom is 0.372 e. The number of benzene rings is 2. The lowest BCUT2D eigenvalue weighted by Gasteiger charge is -2.09. The van der Waals surface area contributed by atoms with Gasteiger partial charge in [0.2, 0.25) is 5.76 Å². The van der Waals surface area contributed by atoms with Gasteiger partial charge in [-0.3, -0.25) is 4.72 Å². The molecule has 0 bridgehead atoms. The molecule has 0 amide bonds. The minimum Gasteiger partial charge on any atom is -0.475 e. The molecular formula is C20H15N3O5S. The van der Waals surface area contributed by atoms with Crippen molar-refractivity contribution in [3.63, 3.8) is 0 Å². The number of carboxylic acid groups (broad SMARTS) is 1. The monoisotopic (exact) mass is 409 g/mol. The van der Waals surface area contributed by atoms with Crippen LogP contribution in [0.4, 0.5) is 5.69 Å². The fraction of sp³-hybridized carbons (Fsp3) is 0.0500. The number of hydrogen-bond donors (Lipinski definition) is 2. The number of nitrogens with zero attached hydrogens (tertiary/aromatic N) is 2. The Labute approximate surface area is 165 Å². The first-order valence-corrected chi connectivity index (χ1v) is 9.99. The fourth-order valence-corrected chi connectivity index (χ4v) is 4.02. The maximum atomic E-state index is 12.7. The number of aryl methyl sites for hydroxylation is 1. The van der Waals surface area contributed by atoms with Gasteiger partial charge in [0, 0.05) is 28.4 Å². The average molecular weight is 409 g/mol. The molecular weight excluding hydrogens is 394 g/mol. The van der Waals surface area contributed by atoms with Crippen LogP contribution in [0.25, 0.3) is 22.2 Å². The molecule has 0 aliphatic carbocycles. The molecule has 2 aromatic heterocycles. The predicted molar refractivity (Wildman–Crippen MR) is 106 cm³/mol. The minimum absolute atomic E-state index is 0.0885. The van der Waals surface area contributed by atoms with Crippen LogP contribution in [-0.2, 0) is 10.0 Å². The third kappa shape index (κ3) is 3.55. The van der Waals surface area contributed by atoms with E-state index in [4.69, 9.17) is 9.52 Å². The van der Waals surface area contributed by atoms with E-state index in [1.807, 2.05) is 0 Å². The maximum absolute atomic E-state index is 12.7. The largest absolute Gasteiger partial charge is 0.475 e. The number of fused-ring (bicyclic) bond motifs is 1. The lowest BCUT2D eigenvalue weighted by molar-refractivity contribution is 0.0664. The molecule has 0 fully saturated rings. The molecule has 0 atom stereocenters. The average Bonchev–Trinajstić information content (AvgIpc) is 3.05. The second kappa shape index (κ2) is 7.02. The number of rotatable bonds is 5. The van der Waals surface area contributed by atoms with E-state index in [0.717, 1.165) is 5.56 Å². The van der Waals surface area contributed by atoms with E-state index >= 15 is 0 Å². The van der Waals surface area contributed by atoms with Crippen LogP contribution < -0.4 is 4.72 Å². The van der Waals surface area contributed by atoms with Gasteiger partial charge in [0.05, 0.1) is 10.6 Å². The van der Waals surface area contributed by atoms with Crippen LogP contribution in [0.3, 0.4) is 0 Å². The Balaban J connectivity index is 1.63. The summed E-state index contributed by atoms with van der Waals surface area (Å²) < 4.78 is 33.3. The molecule has 2 aromatic carbocycles. The van der Waals surface area contributed by atoms with Gasteiger partial charge < -0.3 is 9.52 Å². The van der Waals surface area contributed by atoms with Gasteiger partial charge in [0.25, 0.3) is 10.0 Å². The summed E-state index contributed by atoms with van der Waals surface area (Å²) in [5.74, 6) is -1.34. The zero-order valence-electron chi connectivity index (χ0n) is 15.2. The van der Waals surface area contributed by atoms with Crippen molar-refractivity contribution in [2.45, 2.75) is 11.8 Å². The number of hydrogen-bond acceptors (Lipinski definition) is 6. The van der Waals surface area contributed by atoms with Crippen molar-refractivity contribution in [2.75, 3.05) is 4.72 Å². The Bertz CT molecular complexity index is 1310. The molecule has 8 nitrogen and oxygen atoms in total. The zero-order chi connectivity index (χ0) is 20.6.